The Bertz CT molecular complexity index is 957. The Morgan fingerprint density at radius 1 is 1.31 bits per heavy atom. The zero-order chi connectivity index (χ0) is 21.3. The van der Waals surface area contributed by atoms with Crippen LogP contribution in [-0.2, 0) is 17.5 Å². The minimum absolute atomic E-state index is 0.0907. The third-order valence-electron chi connectivity index (χ3n) is 4.30. The number of urea groups is 1. The third kappa shape index (κ3) is 4.54. The molecule has 1 N–H and O–H groups in total. The van der Waals surface area contributed by atoms with Gasteiger partial charge in [-0.1, -0.05) is 29.3 Å². The van der Waals surface area contributed by atoms with Gasteiger partial charge in [-0.3, -0.25) is 9.69 Å². The molecule has 1 aromatic carbocycles. The molecule has 29 heavy (non-hydrogen) atoms. The first kappa shape index (κ1) is 21.1. The molecular weight excluding hydrogens is 434 g/mol. The number of nitrogens with one attached hydrogen (secondary N) is 1. The van der Waals surface area contributed by atoms with Crippen LogP contribution in [0.1, 0.15) is 11.3 Å². The zero-order valence-corrected chi connectivity index (χ0v) is 16.4. The van der Waals surface area contributed by atoms with E-state index in [1.165, 1.54) is 13.1 Å². The fourth-order valence-electron chi connectivity index (χ4n) is 2.72. The number of hydrogen-bond donors (Lipinski definition) is 1. The minimum atomic E-state index is -4.68. The van der Waals surface area contributed by atoms with Crippen LogP contribution in [0.4, 0.5) is 23.9 Å². The molecule has 1 unspecified atom stereocenters. The van der Waals surface area contributed by atoms with Gasteiger partial charge in [-0.25, -0.2) is 14.8 Å². The van der Waals surface area contributed by atoms with Crippen LogP contribution >= 0.6 is 23.2 Å². The molecule has 2 heterocycles. The molecule has 0 radical (unpaired) electrons. The van der Waals surface area contributed by atoms with Gasteiger partial charge in [-0.15, -0.1) is 0 Å². The molecule has 1 aromatic heterocycles. The Morgan fingerprint density at radius 2 is 2.03 bits per heavy atom. The maximum atomic E-state index is 12.9. The van der Waals surface area contributed by atoms with Crippen molar-refractivity contribution in [2.45, 2.75) is 18.8 Å². The van der Waals surface area contributed by atoms with Crippen molar-refractivity contribution >= 4 is 41.1 Å². The Balaban J connectivity index is 1.72. The quantitative estimate of drug-likeness (QED) is 0.779. The second-order valence-corrected chi connectivity index (χ2v) is 7.06. The second kappa shape index (κ2) is 8.03. The average Bonchev–Trinajstić information content (AvgIpc) is 2.95. The monoisotopic (exact) mass is 447 g/mol. The van der Waals surface area contributed by atoms with E-state index in [9.17, 15) is 22.8 Å². The number of carbonyl (C=O) groups excluding carboxylic acids is 2. The molecule has 2 aromatic rings. The van der Waals surface area contributed by atoms with Crippen LogP contribution in [-0.4, -0.2) is 46.4 Å². The highest BCUT2D eigenvalue weighted by Gasteiger charge is 2.42. The summed E-state index contributed by atoms with van der Waals surface area (Å²) in [6.45, 7) is -0.107. The summed E-state index contributed by atoms with van der Waals surface area (Å²) in [5.74, 6) is -0.922. The van der Waals surface area contributed by atoms with Gasteiger partial charge in [-0.05, 0) is 23.8 Å². The van der Waals surface area contributed by atoms with Crippen molar-refractivity contribution in [3.63, 3.8) is 0 Å². The summed E-state index contributed by atoms with van der Waals surface area (Å²) < 4.78 is 38.6. The van der Waals surface area contributed by atoms with E-state index < -0.39 is 35.8 Å². The van der Waals surface area contributed by atoms with E-state index in [0.717, 1.165) is 16.0 Å². The minimum Gasteiger partial charge on any atom is -0.350 e. The maximum absolute atomic E-state index is 12.9. The molecule has 1 fully saturated rings. The summed E-state index contributed by atoms with van der Waals surface area (Å²) in [4.78, 5) is 34.1. The van der Waals surface area contributed by atoms with Gasteiger partial charge in [0.15, 0.2) is 0 Å². The highest BCUT2D eigenvalue weighted by molar-refractivity contribution is 6.35. The van der Waals surface area contributed by atoms with E-state index in [2.05, 4.69) is 15.3 Å². The van der Waals surface area contributed by atoms with Crippen LogP contribution < -0.4 is 10.2 Å². The lowest BCUT2D eigenvalue weighted by Gasteiger charge is -2.17. The fourth-order valence-corrected chi connectivity index (χ4v) is 3.20. The normalized spacial score (nSPS) is 17.0. The fraction of sp³-hybridized carbons (Fsp3) is 0.294. The van der Waals surface area contributed by atoms with Gasteiger partial charge in [-0.2, -0.15) is 13.2 Å². The number of anilines is 1. The predicted octanol–water partition coefficient (Wildman–Crippen LogP) is 3.36. The Kier molecular flexibility index (Phi) is 5.85. The van der Waals surface area contributed by atoms with Gasteiger partial charge >= 0.3 is 12.2 Å². The third-order valence-corrected chi connectivity index (χ3v) is 4.89. The summed E-state index contributed by atoms with van der Waals surface area (Å²) in [6.07, 6.45) is -3.77. The van der Waals surface area contributed by atoms with E-state index in [1.54, 1.807) is 12.1 Å². The number of amides is 3. The number of rotatable bonds is 4. The lowest BCUT2D eigenvalue weighted by Crippen LogP contribution is -2.43. The number of halogens is 5. The lowest BCUT2D eigenvalue weighted by molar-refractivity contribution is -0.141. The Hall–Kier alpha value is -2.59. The van der Waals surface area contributed by atoms with E-state index in [-0.39, 0.29) is 13.1 Å². The van der Waals surface area contributed by atoms with Crippen molar-refractivity contribution in [1.82, 2.24) is 20.2 Å². The first-order valence-electron chi connectivity index (χ1n) is 8.24. The summed E-state index contributed by atoms with van der Waals surface area (Å²) in [5.41, 5.74) is -0.558. The first-order chi connectivity index (χ1) is 13.6. The van der Waals surface area contributed by atoms with E-state index in [4.69, 9.17) is 23.2 Å². The molecule has 0 saturated carbocycles. The highest BCUT2D eigenvalue weighted by atomic mass is 35.5. The Morgan fingerprint density at radius 3 is 2.69 bits per heavy atom. The number of hydrogen-bond acceptors (Lipinski definition) is 4. The lowest BCUT2D eigenvalue weighted by atomic mass is 10.2. The molecular formula is C17H14Cl2F3N5O2. The summed E-state index contributed by atoms with van der Waals surface area (Å²) >= 11 is 11.9. The molecule has 1 aliphatic heterocycles. The average molecular weight is 448 g/mol. The first-order valence-corrected chi connectivity index (χ1v) is 8.99. The van der Waals surface area contributed by atoms with Crippen molar-refractivity contribution < 1.29 is 22.8 Å². The van der Waals surface area contributed by atoms with Crippen LogP contribution in [0.25, 0.3) is 0 Å². The molecule has 0 aliphatic carbocycles. The van der Waals surface area contributed by atoms with E-state index in [1.807, 2.05) is 0 Å². The Labute approximate surface area is 173 Å². The van der Waals surface area contributed by atoms with Crippen molar-refractivity contribution in [2.24, 2.45) is 0 Å². The molecule has 0 bridgehead atoms. The molecule has 3 amide bonds. The number of benzene rings is 1. The molecule has 1 aliphatic rings. The van der Waals surface area contributed by atoms with Gasteiger partial charge in [0.2, 0.25) is 11.9 Å². The van der Waals surface area contributed by atoms with Gasteiger partial charge < -0.3 is 10.2 Å². The van der Waals surface area contributed by atoms with Crippen molar-refractivity contribution in [3.05, 3.63) is 51.8 Å². The van der Waals surface area contributed by atoms with Crippen LogP contribution in [0.3, 0.4) is 0 Å². The zero-order valence-electron chi connectivity index (χ0n) is 14.9. The number of carbonyl (C=O) groups is 2. The molecule has 12 heteroatoms. The van der Waals surface area contributed by atoms with Gasteiger partial charge in [0.1, 0.15) is 11.7 Å². The van der Waals surface area contributed by atoms with Crippen molar-refractivity contribution in [2.75, 3.05) is 18.5 Å². The van der Waals surface area contributed by atoms with Crippen LogP contribution in [0.5, 0.6) is 0 Å². The van der Waals surface area contributed by atoms with Gasteiger partial charge in [0, 0.05) is 29.8 Å². The molecule has 1 saturated heterocycles. The van der Waals surface area contributed by atoms with Gasteiger partial charge in [0.05, 0.1) is 6.54 Å². The van der Waals surface area contributed by atoms with E-state index in [0.29, 0.717) is 21.7 Å². The molecule has 0 spiro atoms. The molecule has 154 valence electrons. The van der Waals surface area contributed by atoms with Crippen LogP contribution in [0.15, 0.2) is 30.5 Å². The summed E-state index contributed by atoms with van der Waals surface area (Å²) in [5, 5.41) is 3.47. The van der Waals surface area contributed by atoms with Crippen LogP contribution in [0, 0.1) is 0 Å². The second-order valence-electron chi connectivity index (χ2n) is 6.21. The molecule has 1 atom stereocenters. The number of aromatic nitrogens is 2. The van der Waals surface area contributed by atoms with Crippen molar-refractivity contribution in [1.29, 1.82) is 0 Å². The summed E-state index contributed by atoms with van der Waals surface area (Å²) in [6, 6.07) is 3.88. The van der Waals surface area contributed by atoms with E-state index >= 15 is 0 Å². The largest absolute Gasteiger partial charge is 0.433 e. The highest BCUT2D eigenvalue weighted by Crippen LogP contribution is 2.29. The standard InChI is InChI=1S/C17H14Cl2F3N5O2/c1-26-12(14(28)24-7-9-2-3-10(18)6-11(9)19)8-27(16(26)29)15-23-5-4-13(25-15)17(20,21)22/h2-6,12H,7-8H2,1H3,(H,24,28). The topological polar surface area (TPSA) is 78.4 Å². The van der Waals surface area contributed by atoms with Gasteiger partial charge in [0.25, 0.3) is 0 Å². The smallest absolute Gasteiger partial charge is 0.350 e. The molecule has 3 rings (SSSR count). The van der Waals surface area contributed by atoms with Crippen LogP contribution in [0.2, 0.25) is 10.0 Å². The number of alkyl halides is 3. The van der Waals surface area contributed by atoms with Crippen molar-refractivity contribution in [3.8, 4) is 0 Å². The maximum Gasteiger partial charge on any atom is 0.433 e. The molecule has 7 nitrogen and oxygen atoms in total. The number of nitrogens with zero attached hydrogens (tertiary/aromatic N) is 4. The predicted molar refractivity (Wildman–Crippen MR) is 99.6 cm³/mol. The number of likely N-dealkylation sites (N-methyl/N-ethyl adjacent to an activating group) is 1. The summed E-state index contributed by atoms with van der Waals surface area (Å²) in [7, 11) is 1.37. The SMILES string of the molecule is CN1C(=O)N(c2nccc(C(F)(F)F)n2)CC1C(=O)NCc1ccc(Cl)cc1Cl.